The summed E-state index contributed by atoms with van der Waals surface area (Å²) in [4.78, 5) is 87.1. The van der Waals surface area contributed by atoms with Crippen LogP contribution in [0.4, 0.5) is 10.5 Å². The minimum absolute atomic E-state index is 0.0579. The first-order valence-electron chi connectivity index (χ1n) is 14.9. The molecular weight excluding hydrogens is 584 g/mol. The summed E-state index contributed by atoms with van der Waals surface area (Å²) in [5.41, 5.74) is 6.49. The Bertz CT molecular complexity index is 1260. The predicted molar refractivity (Wildman–Crippen MR) is 165 cm³/mol. The van der Waals surface area contributed by atoms with Crippen LogP contribution in [0.2, 0.25) is 0 Å². The molecule has 14 heteroatoms. The Labute approximate surface area is 263 Å². The number of hydrogen-bond donors (Lipinski definition) is 4. The smallest absolute Gasteiger partial charge is 0.410 e. The molecule has 0 spiro atoms. The lowest BCUT2D eigenvalue weighted by molar-refractivity contribution is -0.137. The number of unbranched alkanes of at least 4 members (excludes halogenated alkanes) is 2. The molecule has 1 aliphatic rings. The number of nitrogens with one attached hydrogen (secondary N) is 3. The number of ether oxygens (including phenoxy) is 1. The average molecular weight is 629 g/mol. The number of nitrogens with two attached hydrogens (primary N) is 1. The van der Waals surface area contributed by atoms with E-state index in [4.69, 9.17) is 10.5 Å². The summed E-state index contributed by atoms with van der Waals surface area (Å²) >= 11 is 0. The highest BCUT2D eigenvalue weighted by Gasteiger charge is 2.29. The van der Waals surface area contributed by atoms with Crippen LogP contribution >= 0.6 is 0 Å². The summed E-state index contributed by atoms with van der Waals surface area (Å²) < 4.78 is 5.27. The molecule has 1 heterocycles. The van der Waals surface area contributed by atoms with Gasteiger partial charge in [-0.15, -0.1) is 0 Å². The van der Waals surface area contributed by atoms with E-state index in [0.29, 0.717) is 37.1 Å². The highest BCUT2D eigenvalue weighted by molar-refractivity contribution is 6.12. The lowest BCUT2D eigenvalue weighted by Crippen LogP contribution is -2.51. The van der Waals surface area contributed by atoms with Crippen LogP contribution in [0, 0.1) is 11.8 Å². The Balaban J connectivity index is 1.73. The van der Waals surface area contributed by atoms with Gasteiger partial charge in [0.2, 0.25) is 23.6 Å². The summed E-state index contributed by atoms with van der Waals surface area (Å²) in [6.45, 7) is 7.02. The van der Waals surface area contributed by atoms with Crippen molar-refractivity contribution in [3.8, 4) is 0 Å². The molecule has 0 saturated heterocycles. The Kier molecular flexibility index (Phi) is 14.2. The number of primary amides is 1. The third kappa shape index (κ3) is 11.7. The van der Waals surface area contributed by atoms with Gasteiger partial charge < -0.3 is 26.4 Å². The Morgan fingerprint density at radius 1 is 0.889 bits per heavy atom. The Morgan fingerprint density at radius 2 is 1.51 bits per heavy atom. The van der Waals surface area contributed by atoms with Crippen LogP contribution in [0.5, 0.6) is 0 Å². The van der Waals surface area contributed by atoms with E-state index in [2.05, 4.69) is 16.0 Å². The van der Waals surface area contributed by atoms with Crippen molar-refractivity contribution in [3.05, 3.63) is 42.0 Å². The second-order valence-electron chi connectivity index (χ2n) is 11.5. The van der Waals surface area contributed by atoms with Crippen molar-refractivity contribution in [1.82, 2.24) is 20.4 Å². The molecule has 246 valence electrons. The monoisotopic (exact) mass is 628 g/mol. The molecule has 7 amide bonds. The predicted octanol–water partition coefficient (Wildman–Crippen LogP) is 1.45. The first kappa shape index (κ1) is 36.4. The van der Waals surface area contributed by atoms with Gasteiger partial charge in [0.1, 0.15) is 18.7 Å². The van der Waals surface area contributed by atoms with E-state index in [-0.39, 0.29) is 49.1 Å². The van der Waals surface area contributed by atoms with E-state index in [1.54, 1.807) is 52.0 Å². The van der Waals surface area contributed by atoms with Gasteiger partial charge in [-0.25, -0.2) is 4.79 Å². The summed E-state index contributed by atoms with van der Waals surface area (Å²) in [7, 11) is 1.44. The average Bonchev–Trinajstić information content (AvgIpc) is 3.29. The lowest BCUT2D eigenvalue weighted by Gasteiger charge is -2.27. The zero-order valence-electron chi connectivity index (χ0n) is 26.5. The summed E-state index contributed by atoms with van der Waals surface area (Å²) in [6.07, 6.45) is 3.67. The first-order valence-corrected chi connectivity index (χ1v) is 14.9. The van der Waals surface area contributed by atoms with Crippen molar-refractivity contribution < 1.29 is 38.3 Å². The largest absolute Gasteiger partial charge is 0.445 e. The van der Waals surface area contributed by atoms with Gasteiger partial charge >= 0.3 is 6.09 Å². The van der Waals surface area contributed by atoms with Gasteiger partial charge in [0.15, 0.2) is 0 Å². The number of nitrogens with zero attached hydrogens (tertiary/aromatic N) is 2. The summed E-state index contributed by atoms with van der Waals surface area (Å²) in [6, 6.07) is 4.90. The van der Waals surface area contributed by atoms with E-state index in [0.717, 1.165) is 9.80 Å². The van der Waals surface area contributed by atoms with Crippen molar-refractivity contribution in [1.29, 1.82) is 0 Å². The highest BCUT2D eigenvalue weighted by Crippen LogP contribution is 2.14. The number of carbonyl (C=O) groups excluding carboxylic acids is 7. The van der Waals surface area contributed by atoms with Gasteiger partial charge in [-0.1, -0.05) is 46.2 Å². The molecule has 5 N–H and O–H groups in total. The molecule has 0 bridgehead atoms. The number of imide groups is 1. The molecule has 1 aromatic rings. The topological polar surface area (TPSA) is 197 Å². The number of carbonyl (C=O) groups is 7. The fraction of sp³-hybridized carbons (Fsp3) is 0.516. The van der Waals surface area contributed by atoms with E-state index < -0.39 is 35.9 Å². The minimum atomic E-state index is -0.837. The van der Waals surface area contributed by atoms with Gasteiger partial charge in [0.25, 0.3) is 11.8 Å². The van der Waals surface area contributed by atoms with E-state index in [1.165, 1.54) is 19.2 Å². The van der Waals surface area contributed by atoms with Crippen molar-refractivity contribution in [3.63, 3.8) is 0 Å². The fourth-order valence-corrected chi connectivity index (χ4v) is 4.66. The first-order chi connectivity index (χ1) is 21.2. The quantitative estimate of drug-likeness (QED) is 0.147. The van der Waals surface area contributed by atoms with Gasteiger partial charge in [-0.2, -0.15) is 0 Å². The molecule has 1 aliphatic heterocycles. The Morgan fingerprint density at radius 3 is 2.07 bits per heavy atom. The second kappa shape index (κ2) is 17.5. The maximum atomic E-state index is 12.7. The van der Waals surface area contributed by atoms with Crippen LogP contribution in [-0.4, -0.2) is 83.6 Å². The third-order valence-electron chi connectivity index (χ3n) is 7.10. The normalized spacial score (nSPS) is 13.9. The minimum Gasteiger partial charge on any atom is -0.445 e. The lowest BCUT2D eigenvalue weighted by atomic mass is 10.0. The standard InChI is InChI=1S/C31H44N6O8/c1-19(2)27(35-23(38)9-7-6-8-16-37-25(40)14-15-26(37)41)30(43)33-17-24(39)34-22-12-10-21(11-13-22)18-45-31(44)36(5)28(20(3)4)29(32)42/h10-15,19-20,27-28H,6-9,16-18H2,1-5H3,(H2,32,42)(H,33,43)(H,34,39)(H,35,38). The third-order valence-corrected chi connectivity index (χ3v) is 7.10. The zero-order chi connectivity index (χ0) is 33.7. The summed E-state index contributed by atoms with van der Waals surface area (Å²) in [5, 5.41) is 7.93. The van der Waals surface area contributed by atoms with Crippen LogP contribution in [0.3, 0.4) is 0 Å². The van der Waals surface area contributed by atoms with E-state index in [9.17, 15) is 33.6 Å². The summed E-state index contributed by atoms with van der Waals surface area (Å²) in [5.74, 6) is -2.99. The fourth-order valence-electron chi connectivity index (χ4n) is 4.66. The van der Waals surface area contributed by atoms with Gasteiger partial charge in [-0.05, 0) is 42.4 Å². The number of rotatable bonds is 17. The van der Waals surface area contributed by atoms with Crippen LogP contribution in [0.1, 0.15) is 58.9 Å². The van der Waals surface area contributed by atoms with Gasteiger partial charge in [0.05, 0.1) is 6.54 Å². The molecule has 1 aromatic carbocycles. The molecule has 45 heavy (non-hydrogen) atoms. The number of hydrogen-bond acceptors (Lipinski definition) is 8. The van der Waals surface area contributed by atoms with Crippen molar-refractivity contribution in [2.75, 3.05) is 25.5 Å². The molecule has 0 saturated carbocycles. The zero-order valence-corrected chi connectivity index (χ0v) is 26.5. The number of anilines is 1. The SMILES string of the molecule is CC(C)C(NC(=O)CCCCCN1C(=O)C=CC1=O)C(=O)NCC(=O)Nc1ccc(COC(=O)N(C)C(C(N)=O)C(C)C)cc1. The number of likely N-dealkylation sites (N-methyl/N-ethyl adjacent to an activating group) is 1. The van der Waals surface area contributed by atoms with Crippen LogP contribution < -0.4 is 21.7 Å². The molecule has 2 rings (SSSR count). The maximum Gasteiger partial charge on any atom is 0.410 e. The van der Waals surface area contributed by atoms with Crippen molar-refractivity contribution in [2.45, 2.75) is 72.1 Å². The number of amides is 7. The molecule has 14 nitrogen and oxygen atoms in total. The molecule has 0 fully saturated rings. The number of benzene rings is 1. The van der Waals surface area contributed by atoms with Crippen LogP contribution in [-0.2, 0) is 40.1 Å². The molecular formula is C31H44N6O8. The van der Waals surface area contributed by atoms with E-state index in [1.807, 2.05) is 0 Å². The second-order valence-corrected chi connectivity index (χ2v) is 11.5. The molecule has 2 unspecified atom stereocenters. The van der Waals surface area contributed by atoms with Gasteiger partial charge in [-0.3, -0.25) is 38.6 Å². The molecule has 0 radical (unpaired) electrons. The van der Waals surface area contributed by atoms with Crippen molar-refractivity contribution >= 4 is 47.2 Å². The van der Waals surface area contributed by atoms with Crippen LogP contribution in [0.25, 0.3) is 0 Å². The van der Waals surface area contributed by atoms with Crippen molar-refractivity contribution in [2.24, 2.45) is 17.6 Å². The highest BCUT2D eigenvalue weighted by atomic mass is 16.6. The molecule has 0 aliphatic carbocycles. The van der Waals surface area contributed by atoms with E-state index >= 15 is 0 Å². The molecule has 2 atom stereocenters. The maximum absolute atomic E-state index is 12.7. The van der Waals surface area contributed by atoms with Gasteiger partial charge in [0, 0.05) is 37.9 Å². The molecule has 0 aromatic heterocycles. The Hall–Kier alpha value is -4.75. The van der Waals surface area contributed by atoms with Crippen LogP contribution in [0.15, 0.2) is 36.4 Å².